The van der Waals surface area contributed by atoms with Gasteiger partial charge in [0.25, 0.3) is 0 Å². The Morgan fingerprint density at radius 1 is 0.966 bits per heavy atom. The van der Waals surface area contributed by atoms with E-state index >= 15 is 0 Å². The van der Waals surface area contributed by atoms with Crippen molar-refractivity contribution in [1.29, 1.82) is 0 Å². The third-order valence-corrected chi connectivity index (χ3v) is 4.30. The fourth-order valence-electron chi connectivity index (χ4n) is 2.71. The van der Waals surface area contributed by atoms with Crippen LogP contribution in [0.25, 0.3) is 0 Å². The topological polar surface area (TPSA) is 102 Å². The summed E-state index contributed by atoms with van der Waals surface area (Å²) in [6.07, 6.45) is 0.0572. The first-order valence-corrected chi connectivity index (χ1v) is 9.37. The van der Waals surface area contributed by atoms with Gasteiger partial charge in [0.1, 0.15) is 12.6 Å². The summed E-state index contributed by atoms with van der Waals surface area (Å²) < 4.78 is 5.16. The van der Waals surface area contributed by atoms with Gasteiger partial charge in [0, 0.05) is 20.5 Å². The lowest BCUT2D eigenvalue weighted by molar-refractivity contribution is -0.146. The van der Waals surface area contributed by atoms with E-state index in [2.05, 4.69) is 5.32 Å². The molecule has 2 aromatic carbocycles. The zero-order valence-electron chi connectivity index (χ0n) is 16.7. The number of carbonyl (C=O) groups is 3. The van der Waals surface area contributed by atoms with Crippen LogP contribution >= 0.6 is 0 Å². The molecule has 0 aliphatic rings. The molecule has 0 fully saturated rings. The van der Waals surface area contributed by atoms with Gasteiger partial charge in [0.15, 0.2) is 0 Å². The number of carbonyl (C=O) groups excluding carboxylic acids is 3. The number of nitrogens with one attached hydrogen (secondary N) is 1. The second kappa shape index (κ2) is 11.0. The van der Waals surface area contributed by atoms with Crippen LogP contribution in [0.2, 0.25) is 0 Å². The van der Waals surface area contributed by atoms with Gasteiger partial charge in [-0.15, -0.1) is 0 Å². The van der Waals surface area contributed by atoms with Crippen LogP contribution in [0.5, 0.6) is 0 Å². The van der Waals surface area contributed by atoms with Gasteiger partial charge < -0.3 is 20.7 Å². The fraction of sp³-hybridized carbons (Fsp3) is 0.318. The van der Waals surface area contributed by atoms with Crippen LogP contribution in [0.1, 0.15) is 17.5 Å². The lowest BCUT2D eigenvalue weighted by atomic mass is 10.0. The van der Waals surface area contributed by atoms with E-state index in [-0.39, 0.29) is 18.9 Å². The number of benzene rings is 2. The van der Waals surface area contributed by atoms with Crippen molar-refractivity contribution in [3.8, 4) is 0 Å². The van der Waals surface area contributed by atoms with Gasteiger partial charge in [-0.1, -0.05) is 60.7 Å². The summed E-state index contributed by atoms with van der Waals surface area (Å²) in [5.41, 5.74) is 7.62. The first kappa shape index (κ1) is 22.1. The smallest absolute Gasteiger partial charge is 0.308 e. The number of hydrogen-bond acceptors (Lipinski definition) is 5. The van der Waals surface area contributed by atoms with Crippen molar-refractivity contribution < 1.29 is 19.1 Å². The zero-order chi connectivity index (χ0) is 21.2. The average molecular weight is 397 g/mol. The standard InChI is InChI=1S/C22H27N3O4/c1-25(2)22(28)19(13-16-9-5-3-6-10-16)24-21(27)18(23)14-20(26)29-15-17-11-7-4-8-12-17/h3-12,18-19H,13-15,23H2,1-2H3,(H,24,27)/t18-,19-/m0/s1. The number of rotatable bonds is 9. The predicted molar refractivity (Wildman–Crippen MR) is 110 cm³/mol. The number of esters is 1. The van der Waals surface area contributed by atoms with Crippen molar-refractivity contribution in [3.63, 3.8) is 0 Å². The molecule has 2 atom stereocenters. The molecule has 0 aliphatic carbocycles. The molecule has 0 heterocycles. The minimum absolute atomic E-state index is 0.115. The van der Waals surface area contributed by atoms with E-state index in [1.54, 1.807) is 14.1 Å². The van der Waals surface area contributed by atoms with Crippen LogP contribution in [0.4, 0.5) is 0 Å². The van der Waals surface area contributed by atoms with Gasteiger partial charge in [-0.05, 0) is 11.1 Å². The van der Waals surface area contributed by atoms with Gasteiger partial charge in [0.2, 0.25) is 11.8 Å². The van der Waals surface area contributed by atoms with E-state index in [1.165, 1.54) is 4.90 Å². The molecule has 0 saturated heterocycles. The second-order valence-electron chi connectivity index (χ2n) is 6.94. The van der Waals surface area contributed by atoms with Gasteiger partial charge in [-0.3, -0.25) is 14.4 Å². The summed E-state index contributed by atoms with van der Waals surface area (Å²) in [6, 6.07) is 16.7. The summed E-state index contributed by atoms with van der Waals surface area (Å²) in [6.45, 7) is 0.115. The van der Waals surface area contributed by atoms with Crippen LogP contribution in [0.15, 0.2) is 60.7 Å². The SMILES string of the molecule is CN(C)C(=O)[C@H](Cc1ccccc1)NC(=O)[C@@H](N)CC(=O)OCc1ccccc1. The van der Waals surface area contributed by atoms with Gasteiger partial charge in [-0.25, -0.2) is 0 Å². The van der Waals surface area contributed by atoms with Crippen LogP contribution in [0.3, 0.4) is 0 Å². The first-order chi connectivity index (χ1) is 13.9. The van der Waals surface area contributed by atoms with E-state index in [0.29, 0.717) is 6.42 Å². The molecule has 2 amide bonds. The maximum absolute atomic E-state index is 12.5. The highest BCUT2D eigenvalue weighted by molar-refractivity contribution is 5.91. The first-order valence-electron chi connectivity index (χ1n) is 9.37. The Morgan fingerprint density at radius 2 is 1.52 bits per heavy atom. The molecule has 0 aromatic heterocycles. The normalized spacial score (nSPS) is 12.5. The summed E-state index contributed by atoms with van der Waals surface area (Å²) in [4.78, 5) is 38.3. The molecule has 7 heteroatoms. The highest BCUT2D eigenvalue weighted by Gasteiger charge is 2.26. The molecule has 0 spiro atoms. The van der Waals surface area contributed by atoms with Crippen molar-refractivity contribution in [2.24, 2.45) is 5.73 Å². The van der Waals surface area contributed by atoms with Crippen molar-refractivity contribution in [2.45, 2.75) is 31.5 Å². The van der Waals surface area contributed by atoms with E-state index < -0.39 is 24.0 Å². The van der Waals surface area contributed by atoms with Crippen LogP contribution < -0.4 is 11.1 Å². The fourth-order valence-corrected chi connectivity index (χ4v) is 2.71. The zero-order valence-corrected chi connectivity index (χ0v) is 16.7. The Balaban J connectivity index is 1.91. The molecule has 154 valence electrons. The molecule has 2 aromatic rings. The van der Waals surface area contributed by atoms with Crippen molar-refractivity contribution >= 4 is 17.8 Å². The van der Waals surface area contributed by atoms with Crippen molar-refractivity contribution in [1.82, 2.24) is 10.2 Å². The third kappa shape index (κ3) is 7.38. The Kier molecular flexibility index (Phi) is 8.36. The molecular weight excluding hydrogens is 370 g/mol. The molecule has 0 aliphatic heterocycles. The lowest BCUT2D eigenvalue weighted by Gasteiger charge is -2.23. The molecule has 3 N–H and O–H groups in total. The largest absolute Gasteiger partial charge is 0.461 e. The Hall–Kier alpha value is -3.19. The molecule has 7 nitrogen and oxygen atoms in total. The van der Waals surface area contributed by atoms with E-state index in [1.807, 2.05) is 60.7 Å². The number of amides is 2. The Labute approximate surface area is 170 Å². The van der Waals surface area contributed by atoms with Crippen molar-refractivity contribution in [3.05, 3.63) is 71.8 Å². The van der Waals surface area contributed by atoms with Crippen molar-refractivity contribution in [2.75, 3.05) is 14.1 Å². The van der Waals surface area contributed by atoms with Crippen LogP contribution in [-0.2, 0) is 32.1 Å². The summed E-state index contributed by atoms with van der Waals surface area (Å²) in [7, 11) is 3.24. The molecule has 0 unspecified atom stereocenters. The predicted octanol–water partition coefficient (Wildman–Crippen LogP) is 1.26. The average Bonchev–Trinajstić information content (AvgIpc) is 2.72. The quantitative estimate of drug-likeness (QED) is 0.621. The van der Waals surface area contributed by atoms with E-state index in [0.717, 1.165) is 11.1 Å². The maximum atomic E-state index is 12.5. The molecule has 2 rings (SSSR count). The van der Waals surface area contributed by atoms with Crippen LogP contribution in [0, 0.1) is 0 Å². The highest BCUT2D eigenvalue weighted by Crippen LogP contribution is 2.07. The summed E-state index contributed by atoms with van der Waals surface area (Å²) in [5, 5.41) is 2.66. The number of hydrogen-bond donors (Lipinski definition) is 2. The van der Waals surface area contributed by atoms with E-state index in [4.69, 9.17) is 10.5 Å². The van der Waals surface area contributed by atoms with Gasteiger partial charge in [0.05, 0.1) is 12.5 Å². The van der Waals surface area contributed by atoms with E-state index in [9.17, 15) is 14.4 Å². The molecule has 0 radical (unpaired) electrons. The monoisotopic (exact) mass is 397 g/mol. The molecule has 29 heavy (non-hydrogen) atoms. The van der Waals surface area contributed by atoms with Gasteiger partial charge >= 0.3 is 5.97 Å². The molecule has 0 saturated carbocycles. The lowest BCUT2D eigenvalue weighted by Crippen LogP contribution is -2.52. The van der Waals surface area contributed by atoms with Gasteiger partial charge in [-0.2, -0.15) is 0 Å². The number of ether oxygens (including phenoxy) is 1. The number of nitrogens with two attached hydrogens (primary N) is 1. The van der Waals surface area contributed by atoms with Crippen LogP contribution in [-0.4, -0.2) is 48.9 Å². The minimum Gasteiger partial charge on any atom is -0.461 e. The maximum Gasteiger partial charge on any atom is 0.308 e. The second-order valence-corrected chi connectivity index (χ2v) is 6.94. The molecular formula is C22H27N3O4. The molecule has 0 bridgehead atoms. The summed E-state index contributed by atoms with van der Waals surface area (Å²) >= 11 is 0. The third-order valence-electron chi connectivity index (χ3n) is 4.30. The Bertz CT molecular complexity index is 809. The Morgan fingerprint density at radius 3 is 2.07 bits per heavy atom. The number of nitrogens with zero attached hydrogens (tertiary/aromatic N) is 1. The minimum atomic E-state index is -1.11. The highest BCUT2D eigenvalue weighted by atomic mass is 16.5. The summed E-state index contributed by atoms with van der Waals surface area (Å²) in [5.74, 6) is -1.39. The number of likely N-dealkylation sites (N-methyl/N-ethyl adjacent to an activating group) is 1.